The van der Waals surface area contributed by atoms with E-state index in [1.54, 1.807) is 0 Å². The molecule has 0 aromatic carbocycles. The maximum absolute atomic E-state index is 10.9. The van der Waals surface area contributed by atoms with E-state index in [9.17, 15) is 9.59 Å². The minimum Gasteiger partial charge on any atom is -0.469 e. The summed E-state index contributed by atoms with van der Waals surface area (Å²) >= 11 is 0. The molecule has 14 heavy (non-hydrogen) atoms. The number of rotatable bonds is 3. The van der Waals surface area contributed by atoms with Crippen LogP contribution in [0.5, 0.6) is 0 Å². The van der Waals surface area contributed by atoms with Gasteiger partial charge in [-0.15, -0.1) is 0 Å². The first-order valence-corrected chi connectivity index (χ1v) is 4.71. The number of likely N-dealkylation sites (tertiary alicyclic amines) is 1. The number of hydrogen-bond acceptors (Lipinski definition) is 3. The third kappa shape index (κ3) is 2.61. The van der Waals surface area contributed by atoms with E-state index >= 15 is 0 Å². The highest BCUT2D eigenvalue weighted by Gasteiger charge is 2.28. The predicted octanol–water partition coefficient (Wildman–Crippen LogP) is 1.08. The zero-order valence-corrected chi connectivity index (χ0v) is 8.23. The lowest BCUT2D eigenvalue weighted by atomic mass is 10.1. The fourth-order valence-corrected chi connectivity index (χ4v) is 1.77. The Hall–Kier alpha value is -1.26. The van der Waals surface area contributed by atoms with Crippen molar-refractivity contribution in [2.24, 2.45) is 0 Å². The van der Waals surface area contributed by atoms with Crippen LogP contribution in [0.2, 0.25) is 0 Å². The summed E-state index contributed by atoms with van der Waals surface area (Å²) in [5, 5.41) is 8.82. The SMILES string of the molecule is COC(=O)CC[C@@H]1CCCN1C(=O)O. The Bertz CT molecular complexity index is 229. The fourth-order valence-electron chi connectivity index (χ4n) is 1.77. The van der Waals surface area contributed by atoms with Gasteiger partial charge in [0.05, 0.1) is 7.11 Å². The van der Waals surface area contributed by atoms with Gasteiger partial charge in [-0.1, -0.05) is 0 Å². The molecule has 1 amide bonds. The topological polar surface area (TPSA) is 66.8 Å². The summed E-state index contributed by atoms with van der Waals surface area (Å²) in [4.78, 5) is 23.0. The minimum atomic E-state index is -0.891. The van der Waals surface area contributed by atoms with E-state index in [1.165, 1.54) is 12.0 Å². The van der Waals surface area contributed by atoms with Crippen LogP contribution in [0.15, 0.2) is 0 Å². The van der Waals surface area contributed by atoms with Gasteiger partial charge in [-0.25, -0.2) is 4.79 Å². The minimum absolute atomic E-state index is 0.00778. The molecule has 80 valence electrons. The molecule has 0 aromatic heterocycles. The number of hydrogen-bond donors (Lipinski definition) is 1. The molecule has 1 rings (SSSR count). The zero-order chi connectivity index (χ0) is 10.6. The van der Waals surface area contributed by atoms with Gasteiger partial charge in [-0.05, 0) is 19.3 Å². The van der Waals surface area contributed by atoms with Crippen molar-refractivity contribution in [2.75, 3.05) is 13.7 Å². The van der Waals surface area contributed by atoms with Crippen LogP contribution in [0.4, 0.5) is 4.79 Å². The number of esters is 1. The van der Waals surface area contributed by atoms with Crippen LogP contribution >= 0.6 is 0 Å². The van der Waals surface area contributed by atoms with E-state index in [-0.39, 0.29) is 12.0 Å². The van der Waals surface area contributed by atoms with Gasteiger partial charge in [0.15, 0.2) is 0 Å². The maximum Gasteiger partial charge on any atom is 0.407 e. The van der Waals surface area contributed by atoms with E-state index in [0.717, 1.165) is 12.8 Å². The van der Waals surface area contributed by atoms with Gasteiger partial charge in [-0.3, -0.25) is 4.79 Å². The molecular weight excluding hydrogens is 186 g/mol. The molecule has 0 aromatic rings. The van der Waals surface area contributed by atoms with Crippen molar-refractivity contribution in [3.63, 3.8) is 0 Å². The number of ether oxygens (including phenoxy) is 1. The molecule has 1 aliphatic heterocycles. The summed E-state index contributed by atoms with van der Waals surface area (Å²) in [6, 6.07) is -0.00778. The average Bonchev–Trinajstić information content (AvgIpc) is 2.62. The first-order valence-electron chi connectivity index (χ1n) is 4.71. The lowest BCUT2D eigenvalue weighted by molar-refractivity contribution is -0.140. The maximum atomic E-state index is 10.9. The summed E-state index contributed by atoms with van der Waals surface area (Å²) in [7, 11) is 1.34. The molecule has 1 aliphatic rings. The molecular formula is C9H15NO4. The third-order valence-corrected chi connectivity index (χ3v) is 2.53. The molecule has 0 bridgehead atoms. The van der Waals surface area contributed by atoms with Crippen LogP contribution in [0.3, 0.4) is 0 Å². The second-order valence-corrected chi connectivity index (χ2v) is 3.39. The molecule has 1 fully saturated rings. The summed E-state index contributed by atoms with van der Waals surface area (Å²) in [5.74, 6) is -0.276. The Morgan fingerprint density at radius 1 is 1.57 bits per heavy atom. The summed E-state index contributed by atoms with van der Waals surface area (Å²) in [6.07, 6.45) is 1.71. The summed E-state index contributed by atoms with van der Waals surface area (Å²) < 4.78 is 4.50. The van der Waals surface area contributed by atoms with E-state index in [2.05, 4.69) is 4.74 Å². The number of carbonyl (C=O) groups is 2. The van der Waals surface area contributed by atoms with Gasteiger partial charge >= 0.3 is 12.1 Å². The van der Waals surface area contributed by atoms with Crippen LogP contribution < -0.4 is 0 Å². The highest BCUT2D eigenvalue weighted by Crippen LogP contribution is 2.21. The molecule has 5 heteroatoms. The average molecular weight is 201 g/mol. The normalized spacial score (nSPS) is 20.9. The van der Waals surface area contributed by atoms with E-state index in [4.69, 9.17) is 5.11 Å². The standard InChI is InChI=1S/C9H15NO4/c1-14-8(11)5-4-7-3-2-6-10(7)9(12)13/h7H,2-6H2,1H3,(H,12,13)/t7-/m0/s1. The summed E-state index contributed by atoms with van der Waals surface area (Å²) in [5.41, 5.74) is 0. The molecule has 1 N–H and O–H groups in total. The molecule has 1 heterocycles. The number of methoxy groups -OCH3 is 1. The monoisotopic (exact) mass is 201 g/mol. The Morgan fingerprint density at radius 2 is 2.29 bits per heavy atom. The van der Waals surface area contributed by atoms with Crippen LogP contribution in [0, 0.1) is 0 Å². The molecule has 5 nitrogen and oxygen atoms in total. The number of amides is 1. The fraction of sp³-hybridized carbons (Fsp3) is 0.778. The van der Waals surface area contributed by atoms with Crippen molar-refractivity contribution in [2.45, 2.75) is 31.7 Å². The second-order valence-electron chi connectivity index (χ2n) is 3.39. The van der Waals surface area contributed by atoms with Crippen LogP contribution in [-0.2, 0) is 9.53 Å². The van der Waals surface area contributed by atoms with E-state index in [1.807, 2.05) is 0 Å². The zero-order valence-electron chi connectivity index (χ0n) is 8.23. The van der Waals surface area contributed by atoms with Crippen molar-refractivity contribution >= 4 is 12.1 Å². The lowest BCUT2D eigenvalue weighted by Crippen LogP contribution is -2.34. The number of carboxylic acid groups (broad SMARTS) is 1. The first-order chi connectivity index (χ1) is 6.65. The molecule has 0 aliphatic carbocycles. The molecule has 0 radical (unpaired) electrons. The molecule has 0 spiro atoms. The quantitative estimate of drug-likeness (QED) is 0.694. The highest BCUT2D eigenvalue weighted by atomic mass is 16.5. The van der Waals surface area contributed by atoms with Gasteiger partial charge < -0.3 is 14.7 Å². The Morgan fingerprint density at radius 3 is 2.86 bits per heavy atom. The van der Waals surface area contributed by atoms with Gasteiger partial charge in [-0.2, -0.15) is 0 Å². The van der Waals surface area contributed by atoms with Gasteiger partial charge in [0.25, 0.3) is 0 Å². The summed E-state index contributed by atoms with van der Waals surface area (Å²) in [6.45, 7) is 0.584. The first kappa shape index (κ1) is 10.8. The van der Waals surface area contributed by atoms with Crippen molar-refractivity contribution in [1.29, 1.82) is 0 Å². The third-order valence-electron chi connectivity index (χ3n) is 2.53. The van der Waals surface area contributed by atoms with Gasteiger partial charge in [0.2, 0.25) is 0 Å². The Labute approximate surface area is 82.6 Å². The van der Waals surface area contributed by atoms with Crippen LogP contribution in [0.1, 0.15) is 25.7 Å². The van der Waals surface area contributed by atoms with Crippen molar-refractivity contribution in [3.05, 3.63) is 0 Å². The Balaban J connectivity index is 2.36. The predicted molar refractivity (Wildman–Crippen MR) is 49.0 cm³/mol. The lowest BCUT2D eigenvalue weighted by Gasteiger charge is -2.20. The second kappa shape index (κ2) is 4.83. The molecule has 0 unspecified atom stereocenters. The van der Waals surface area contributed by atoms with E-state index in [0.29, 0.717) is 19.4 Å². The van der Waals surface area contributed by atoms with Crippen LogP contribution in [-0.4, -0.2) is 41.8 Å². The number of carbonyl (C=O) groups excluding carboxylic acids is 1. The largest absolute Gasteiger partial charge is 0.469 e. The Kier molecular flexibility index (Phi) is 3.73. The van der Waals surface area contributed by atoms with Crippen LogP contribution in [0.25, 0.3) is 0 Å². The van der Waals surface area contributed by atoms with Gasteiger partial charge in [0, 0.05) is 19.0 Å². The molecule has 0 saturated carbocycles. The van der Waals surface area contributed by atoms with Crippen molar-refractivity contribution in [1.82, 2.24) is 4.90 Å². The van der Waals surface area contributed by atoms with Crippen molar-refractivity contribution in [3.8, 4) is 0 Å². The highest BCUT2D eigenvalue weighted by molar-refractivity contribution is 5.69. The van der Waals surface area contributed by atoms with E-state index < -0.39 is 6.09 Å². The van der Waals surface area contributed by atoms with Gasteiger partial charge in [0.1, 0.15) is 0 Å². The smallest absolute Gasteiger partial charge is 0.407 e. The number of nitrogens with zero attached hydrogens (tertiary/aromatic N) is 1. The molecule has 1 atom stereocenters. The van der Waals surface area contributed by atoms with Crippen molar-refractivity contribution < 1.29 is 19.4 Å². The molecule has 1 saturated heterocycles.